The van der Waals surface area contributed by atoms with E-state index in [2.05, 4.69) is 17.1 Å². The molecule has 6 nitrogen and oxygen atoms in total. The lowest BCUT2D eigenvalue weighted by atomic mass is 10.0. The van der Waals surface area contributed by atoms with Gasteiger partial charge in [0, 0.05) is 32.6 Å². The minimum absolute atomic E-state index is 0.139. The average Bonchev–Trinajstić information content (AvgIpc) is 2.97. The molecule has 1 aromatic carbocycles. The van der Waals surface area contributed by atoms with Crippen molar-refractivity contribution >= 4 is 11.6 Å². The van der Waals surface area contributed by atoms with E-state index in [4.69, 9.17) is 4.84 Å². The molecule has 0 bridgehead atoms. The molecule has 0 radical (unpaired) electrons. The number of hydrogen-bond acceptors (Lipinski definition) is 5. The van der Waals surface area contributed by atoms with Crippen LogP contribution in [0.15, 0.2) is 29.4 Å². The van der Waals surface area contributed by atoms with Gasteiger partial charge in [-0.2, -0.15) is 0 Å². The summed E-state index contributed by atoms with van der Waals surface area (Å²) in [5.41, 5.74) is 1.75. The smallest absolute Gasteiger partial charge is 0.226 e. The van der Waals surface area contributed by atoms with Gasteiger partial charge in [-0.3, -0.25) is 4.79 Å². The highest BCUT2D eigenvalue weighted by atomic mass is 16.6. The van der Waals surface area contributed by atoms with Gasteiger partial charge >= 0.3 is 0 Å². The Balaban J connectivity index is 1.51. The Labute approximate surface area is 130 Å². The van der Waals surface area contributed by atoms with Crippen LogP contribution in [0.3, 0.4) is 0 Å². The van der Waals surface area contributed by atoms with Gasteiger partial charge in [0.25, 0.3) is 0 Å². The van der Waals surface area contributed by atoms with Crippen LogP contribution in [-0.2, 0) is 9.63 Å². The molecule has 1 amide bonds. The quantitative estimate of drug-likeness (QED) is 0.906. The van der Waals surface area contributed by atoms with Gasteiger partial charge in [0.1, 0.15) is 11.9 Å². The van der Waals surface area contributed by atoms with Crippen LogP contribution in [0.2, 0.25) is 0 Å². The number of piperazine rings is 1. The van der Waals surface area contributed by atoms with Gasteiger partial charge in [0.05, 0.1) is 12.1 Å². The van der Waals surface area contributed by atoms with E-state index < -0.39 is 0 Å². The Morgan fingerprint density at radius 2 is 1.95 bits per heavy atom. The van der Waals surface area contributed by atoms with E-state index in [1.165, 1.54) is 0 Å². The molecule has 0 saturated carbocycles. The van der Waals surface area contributed by atoms with Gasteiger partial charge in [-0.25, -0.2) is 0 Å². The Kier molecular flexibility index (Phi) is 4.29. The Bertz CT molecular complexity index is 563. The molecule has 22 heavy (non-hydrogen) atoms. The van der Waals surface area contributed by atoms with Crippen molar-refractivity contribution in [1.29, 1.82) is 0 Å². The van der Waals surface area contributed by atoms with Crippen LogP contribution in [0.1, 0.15) is 18.4 Å². The van der Waals surface area contributed by atoms with Gasteiger partial charge < -0.3 is 19.7 Å². The molecule has 0 aromatic heterocycles. The maximum atomic E-state index is 12.3. The first-order valence-corrected chi connectivity index (χ1v) is 7.60. The van der Waals surface area contributed by atoms with Gasteiger partial charge in [0.15, 0.2) is 0 Å². The number of rotatable bonds is 3. The zero-order valence-corrected chi connectivity index (χ0v) is 12.7. The maximum absolute atomic E-state index is 12.3. The van der Waals surface area contributed by atoms with E-state index in [-0.39, 0.29) is 17.8 Å². The topological polar surface area (TPSA) is 65.4 Å². The summed E-state index contributed by atoms with van der Waals surface area (Å²) in [7, 11) is 2.07. The second kappa shape index (κ2) is 6.36. The third-order valence-corrected chi connectivity index (χ3v) is 4.19. The molecule has 3 rings (SSSR count). The highest BCUT2D eigenvalue weighted by Crippen LogP contribution is 2.21. The fourth-order valence-corrected chi connectivity index (χ4v) is 2.74. The zero-order valence-electron chi connectivity index (χ0n) is 12.7. The summed E-state index contributed by atoms with van der Waals surface area (Å²) in [4.78, 5) is 21.8. The van der Waals surface area contributed by atoms with Crippen molar-refractivity contribution in [2.75, 3.05) is 33.2 Å². The molecule has 118 valence electrons. The highest BCUT2D eigenvalue weighted by Gasteiger charge is 2.28. The normalized spacial score (nSPS) is 22.3. The summed E-state index contributed by atoms with van der Waals surface area (Å²) >= 11 is 0. The van der Waals surface area contributed by atoms with Gasteiger partial charge in [0.2, 0.25) is 5.91 Å². The van der Waals surface area contributed by atoms with Crippen LogP contribution in [0.4, 0.5) is 0 Å². The number of carbonyl (C=O) groups is 1. The van der Waals surface area contributed by atoms with E-state index >= 15 is 0 Å². The molecule has 1 saturated heterocycles. The number of hydrogen-bond donors (Lipinski definition) is 1. The van der Waals surface area contributed by atoms with E-state index in [9.17, 15) is 9.90 Å². The second-order valence-corrected chi connectivity index (χ2v) is 5.90. The molecule has 2 aliphatic rings. The van der Waals surface area contributed by atoms with Crippen LogP contribution < -0.4 is 0 Å². The summed E-state index contributed by atoms with van der Waals surface area (Å²) in [6, 6.07) is 6.87. The molecule has 2 aliphatic heterocycles. The Hall–Kier alpha value is -2.08. The van der Waals surface area contributed by atoms with Crippen molar-refractivity contribution in [3.05, 3.63) is 29.8 Å². The van der Waals surface area contributed by atoms with E-state index in [0.29, 0.717) is 12.8 Å². The van der Waals surface area contributed by atoms with E-state index in [0.717, 1.165) is 37.5 Å². The monoisotopic (exact) mass is 303 g/mol. The molecule has 1 atom stereocenters. The lowest BCUT2D eigenvalue weighted by molar-refractivity contribution is -0.135. The number of amides is 1. The van der Waals surface area contributed by atoms with Crippen molar-refractivity contribution in [3.8, 4) is 5.75 Å². The van der Waals surface area contributed by atoms with Gasteiger partial charge in [-0.05, 0) is 36.9 Å². The van der Waals surface area contributed by atoms with Crippen molar-refractivity contribution in [1.82, 2.24) is 9.80 Å². The van der Waals surface area contributed by atoms with Crippen molar-refractivity contribution in [2.24, 2.45) is 5.16 Å². The SMILES string of the molecule is CN1CCN(C(=O)CC2CC(c3ccc(O)cc3)=NO2)CC1. The van der Waals surface area contributed by atoms with Crippen LogP contribution in [0.25, 0.3) is 0 Å². The molecule has 6 heteroatoms. The summed E-state index contributed by atoms with van der Waals surface area (Å²) in [6.45, 7) is 3.42. The number of oxime groups is 1. The lowest BCUT2D eigenvalue weighted by Gasteiger charge is -2.32. The largest absolute Gasteiger partial charge is 0.508 e. The Morgan fingerprint density at radius 1 is 1.27 bits per heavy atom. The molecule has 1 aromatic rings. The Morgan fingerprint density at radius 3 is 2.64 bits per heavy atom. The summed E-state index contributed by atoms with van der Waals surface area (Å²) in [5.74, 6) is 0.366. The maximum Gasteiger partial charge on any atom is 0.226 e. The molecular formula is C16H21N3O3. The minimum atomic E-state index is -0.184. The number of aromatic hydroxyl groups is 1. The summed E-state index contributed by atoms with van der Waals surface area (Å²) in [6.07, 6.45) is 0.815. The van der Waals surface area contributed by atoms with Crippen LogP contribution in [0.5, 0.6) is 5.75 Å². The van der Waals surface area contributed by atoms with Crippen LogP contribution in [-0.4, -0.2) is 65.9 Å². The molecule has 1 unspecified atom stereocenters. The van der Waals surface area contributed by atoms with Crippen molar-refractivity contribution in [3.63, 3.8) is 0 Å². The summed E-state index contributed by atoms with van der Waals surface area (Å²) in [5, 5.41) is 13.4. The number of phenols is 1. The molecule has 0 aliphatic carbocycles. The zero-order chi connectivity index (χ0) is 15.5. The average molecular weight is 303 g/mol. The third-order valence-electron chi connectivity index (χ3n) is 4.19. The first-order chi connectivity index (χ1) is 10.6. The van der Waals surface area contributed by atoms with Crippen molar-refractivity contribution in [2.45, 2.75) is 18.9 Å². The number of carbonyl (C=O) groups excluding carboxylic acids is 1. The number of phenolic OH excluding ortho intramolecular Hbond substituents is 1. The number of benzene rings is 1. The molecule has 0 spiro atoms. The van der Waals surface area contributed by atoms with Crippen molar-refractivity contribution < 1.29 is 14.7 Å². The molecule has 1 N–H and O–H groups in total. The minimum Gasteiger partial charge on any atom is -0.508 e. The first-order valence-electron chi connectivity index (χ1n) is 7.60. The van der Waals surface area contributed by atoms with Gasteiger partial charge in [-0.1, -0.05) is 5.16 Å². The van der Waals surface area contributed by atoms with Crippen LogP contribution >= 0.6 is 0 Å². The first kappa shape index (κ1) is 14.8. The molecule has 2 heterocycles. The fraction of sp³-hybridized carbons (Fsp3) is 0.500. The fourth-order valence-electron chi connectivity index (χ4n) is 2.74. The predicted octanol–water partition coefficient (Wildman–Crippen LogP) is 1.05. The molecular weight excluding hydrogens is 282 g/mol. The van der Waals surface area contributed by atoms with Gasteiger partial charge in [-0.15, -0.1) is 0 Å². The molecule has 1 fully saturated rings. The standard InChI is InChI=1S/C16H21N3O3/c1-18-6-8-19(9-7-18)16(21)11-14-10-15(17-22-14)12-2-4-13(20)5-3-12/h2-5,14,20H,6-11H2,1H3. The highest BCUT2D eigenvalue weighted by molar-refractivity contribution is 6.01. The summed E-state index contributed by atoms with van der Waals surface area (Å²) < 4.78 is 0. The lowest BCUT2D eigenvalue weighted by Crippen LogP contribution is -2.47. The third kappa shape index (κ3) is 3.39. The predicted molar refractivity (Wildman–Crippen MR) is 82.8 cm³/mol. The van der Waals surface area contributed by atoms with E-state index in [1.54, 1.807) is 12.1 Å². The second-order valence-electron chi connectivity index (χ2n) is 5.90. The van der Waals surface area contributed by atoms with Crippen LogP contribution in [0, 0.1) is 0 Å². The number of nitrogens with zero attached hydrogens (tertiary/aromatic N) is 3. The number of likely N-dealkylation sites (N-methyl/N-ethyl adjacent to an activating group) is 1. The van der Waals surface area contributed by atoms with E-state index in [1.807, 2.05) is 17.0 Å².